The molecule has 0 aliphatic carbocycles. The van der Waals surface area contributed by atoms with E-state index in [9.17, 15) is 26.0 Å². The monoisotopic (exact) mass is 340 g/mol. The van der Waals surface area contributed by atoms with Crippen LogP contribution in [0.4, 0.5) is 17.6 Å². The summed E-state index contributed by atoms with van der Waals surface area (Å²) in [5, 5.41) is 3.07. The van der Waals surface area contributed by atoms with Crippen molar-refractivity contribution in [2.75, 3.05) is 13.1 Å². The highest BCUT2D eigenvalue weighted by atomic mass is 32.2. The number of halogens is 4. The predicted octanol–water partition coefficient (Wildman–Crippen LogP) is 2.12. The number of rotatable bonds is 3. The molecule has 2 rings (SSSR count). The molecule has 1 aromatic carbocycles. The summed E-state index contributed by atoms with van der Waals surface area (Å²) in [5.41, 5.74) is -1.20. The second-order valence-electron chi connectivity index (χ2n) is 5.34. The van der Waals surface area contributed by atoms with E-state index in [0.717, 1.165) is 0 Å². The van der Waals surface area contributed by atoms with Gasteiger partial charge in [-0.15, -0.1) is 0 Å². The summed E-state index contributed by atoms with van der Waals surface area (Å²) in [6, 6.07) is 0.911. The van der Waals surface area contributed by atoms with E-state index in [1.54, 1.807) is 0 Å². The first-order chi connectivity index (χ1) is 10.1. The summed E-state index contributed by atoms with van der Waals surface area (Å²) < 4.78 is 78.4. The Kier molecular flexibility index (Phi) is 4.78. The average Bonchev–Trinajstić information content (AvgIpc) is 2.40. The quantitative estimate of drug-likeness (QED) is 0.829. The van der Waals surface area contributed by atoms with Gasteiger partial charge in [0.25, 0.3) is 0 Å². The lowest BCUT2D eigenvalue weighted by Gasteiger charge is -2.30. The Labute approximate surface area is 126 Å². The maximum atomic E-state index is 13.7. The summed E-state index contributed by atoms with van der Waals surface area (Å²) in [6.07, 6.45) is -4.25. The Morgan fingerprint density at radius 1 is 1.32 bits per heavy atom. The highest BCUT2D eigenvalue weighted by Crippen LogP contribution is 2.31. The molecule has 1 aliphatic rings. The molecule has 1 aromatic rings. The molecule has 2 N–H and O–H groups in total. The van der Waals surface area contributed by atoms with Crippen LogP contribution in [0.1, 0.15) is 18.9 Å². The zero-order valence-corrected chi connectivity index (χ0v) is 12.6. The molecule has 0 radical (unpaired) electrons. The molecule has 1 saturated heterocycles. The first kappa shape index (κ1) is 17.2. The van der Waals surface area contributed by atoms with Crippen LogP contribution in [0.2, 0.25) is 0 Å². The lowest BCUT2D eigenvalue weighted by molar-refractivity contribution is -0.137. The van der Waals surface area contributed by atoms with Gasteiger partial charge >= 0.3 is 6.18 Å². The maximum Gasteiger partial charge on any atom is 0.416 e. The topological polar surface area (TPSA) is 58.2 Å². The molecule has 124 valence electrons. The standard InChI is InChI=1S/C13H16F4N2O2S/c1-8-7-18-5-4-11(8)19-22(20,21)12-6-9(13(15,16)17)2-3-10(12)14/h2-3,6,8,11,18-19H,4-5,7H2,1H3. The van der Waals surface area contributed by atoms with Crippen LogP contribution in [-0.4, -0.2) is 27.5 Å². The van der Waals surface area contributed by atoms with E-state index in [4.69, 9.17) is 0 Å². The molecule has 1 aliphatic heterocycles. The lowest BCUT2D eigenvalue weighted by Crippen LogP contribution is -2.48. The minimum atomic E-state index is -4.74. The van der Waals surface area contributed by atoms with E-state index < -0.39 is 38.5 Å². The van der Waals surface area contributed by atoms with E-state index in [1.165, 1.54) is 0 Å². The number of alkyl halides is 3. The third-order valence-corrected chi connectivity index (χ3v) is 5.14. The SMILES string of the molecule is CC1CNCCC1NS(=O)(=O)c1cc(C(F)(F)F)ccc1F. The summed E-state index contributed by atoms with van der Waals surface area (Å²) >= 11 is 0. The number of nitrogens with one attached hydrogen (secondary N) is 2. The van der Waals surface area contributed by atoms with Crippen LogP contribution in [-0.2, 0) is 16.2 Å². The van der Waals surface area contributed by atoms with Crippen LogP contribution < -0.4 is 10.0 Å². The number of piperidine rings is 1. The Hall–Kier alpha value is -1.19. The van der Waals surface area contributed by atoms with Gasteiger partial charge in [-0.25, -0.2) is 17.5 Å². The number of hydrogen-bond donors (Lipinski definition) is 2. The molecule has 22 heavy (non-hydrogen) atoms. The van der Waals surface area contributed by atoms with E-state index in [1.807, 2.05) is 6.92 Å². The molecule has 0 spiro atoms. The molecule has 0 bridgehead atoms. The van der Waals surface area contributed by atoms with Crippen molar-refractivity contribution >= 4 is 10.0 Å². The van der Waals surface area contributed by atoms with Crippen LogP contribution in [0, 0.1) is 11.7 Å². The van der Waals surface area contributed by atoms with Crippen LogP contribution in [0.5, 0.6) is 0 Å². The van der Waals surface area contributed by atoms with Gasteiger partial charge in [-0.1, -0.05) is 6.92 Å². The third kappa shape index (κ3) is 3.76. The van der Waals surface area contributed by atoms with E-state index in [2.05, 4.69) is 10.0 Å². The van der Waals surface area contributed by atoms with Gasteiger partial charge in [0.05, 0.1) is 5.56 Å². The minimum Gasteiger partial charge on any atom is -0.316 e. The highest BCUT2D eigenvalue weighted by Gasteiger charge is 2.34. The minimum absolute atomic E-state index is 0.0441. The second kappa shape index (κ2) is 6.13. The van der Waals surface area contributed by atoms with Gasteiger partial charge in [-0.05, 0) is 43.6 Å². The van der Waals surface area contributed by atoms with Crippen molar-refractivity contribution in [2.24, 2.45) is 5.92 Å². The van der Waals surface area contributed by atoms with Crippen LogP contribution in [0.15, 0.2) is 23.1 Å². The van der Waals surface area contributed by atoms with Gasteiger partial charge in [0.1, 0.15) is 10.7 Å². The summed E-state index contributed by atoms with van der Waals surface area (Å²) in [5.74, 6) is -1.25. The van der Waals surface area contributed by atoms with Crippen molar-refractivity contribution in [3.8, 4) is 0 Å². The molecule has 1 fully saturated rings. The smallest absolute Gasteiger partial charge is 0.316 e. The maximum absolute atomic E-state index is 13.7. The Morgan fingerprint density at radius 2 is 2.00 bits per heavy atom. The van der Waals surface area contributed by atoms with Crippen LogP contribution >= 0.6 is 0 Å². The normalized spacial score (nSPS) is 23.5. The molecular formula is C13H16F4N2O2S. The lowest BCUT2D eigenvalue weighted by atomic mass is 9.97. The van der Waals surface area contributed by atoms with Crippen LogP contribution in [0.3, 0.4) is 0 Å². The first-order valence-electron chi connectivity index (χ1n) is 6.71. The van der Waals surface area contributed by atoms with E-state index in [0.29, 0.717) is 37.7 Å². The van der Waals surface area contributed by atoms with Gasteiger partial charge in [0.15, 0.2) is 0 Å². The predicted molar refractivity (Wildman–Crippen MR) is 72.2 cm³/mol. The fourth-order valence-electron chi connectivity index (χ4n) is 2.34. The number of benzene rings is 1. The summed E-state index contributed by atoms with van der Waals surface area (Å²) in [6.45, 7) is 2.97. The van der Waals surface area contributed by atoms with E-state index >= 15 is 0 Å². The van der Waals surface area contributed by atoms with Crippen molar-refractivity contribution in [1.82, 2.24) is 10.0 Å². The van der Waals surface area contributed by atoms with Gasteiger partial charge < -0.3 is 5.32 Å². The number of sulfonamides is 1. The van der Waals surface area contributed by atoms with Crippen molar-refractivity contribution in [2.45, 2.75) is 30.5 Å². The van der Waals surface area contributed by atoms with Gasteiger partial charge in [-0.3, -0.25) is 0 Å². The van der Waals surface area contributed by atoms with Crippen LogP contribution in [0.25, 0.3) is 0 Å². The van der Waals surface area contributed by atoms with Gasteiger partial charge in [-0.2, -0.15) is 13.2 Å². The highest BCUT2D eigenvalue weighted by molar-refractivity contribution is 7.89. The second-order valence-corrected chi connectivity index (χ2v) is 7.02. The van der Waals surface area contributed by atoms with Gasteiger partial charge in [0.2, 0.25) is 10.0 Å². The molecular weight excluding hydrogens is 324 g/mol. The zero-order valence-electron chi connectivity index (χ0n) is 11.7. The summed E-state index contributed by atoms with van der Waals surface area (Å²) in [4.78, 5) is -0.979. The molecule has 1 heterocycles. The van der Waals surface area contributed by atoms with Crippen molar-refractivity contribution in [3.63, 3.8) is 0 Å². The molecule has 0 saturated carbocycles. The van der Waals surface area contributed by atoms with Crippen molar-refractivity contribution in [1.29, 1.82) is 0 Å². The van der Waals surface area contributed by atoms with Crippen molar-refractivity contribution < 1.29 is 26.0 Å². The third-order valence-electron chi connectivity index (χ3n) is 3.64. The summed E-state index contributed by atoms with van der Waals surface area (Å²) in [7, 11) is -4.36. The molecule has 0 amide bonds. The molecule has 4 nitrogen and oxygen atoms in total. The number of hydrogen-bond acceptors (Lipinski definition) is 3. The Balaban J connectivity index is 2.32. The Morgan fingerprint density at radius 3 is 2.59 bits per heavy atom. The fraction of sp³-hybridized carbons (Fsp3) is 0.538. The largest absolute Gasteiger partial charge is 0.416 e. The molecule has 9 heteroatoms. The zero-order chi connectivity index (χ0) is 16.5. The molecule has 0 aromatic heterocycles. The molecule has 2 unspecified atom stereocenters. The average molecular weight is 340 g/mol. The fourth-order valence-corrected chi connectivity index (χ4v) is 3.82. The molecule has 2 atom stereocenters. The Bertz CT molecular complexity index is 646. The van der Waals surface area contributed by atoms with Crippen molar-refractivity contribution in [3.05, 3.63) is 29.6 Å². The van der Waals surface area contributed by atoms with Gasteiger partial charge in [0, 0.05) is 6.04 Å². The first-order valence-corrected chi connectivity index (χ1v) is 8.19. The van der Waals surface area contributed by atoms with E-state index in [-0.39, 0.29) is 5.92 Å².